The van der Waals surface area contributed by atoms with Crippen LogP contribution in [0.3, 0.4) is 0 Å². The summed E-state index contributed by atoms with van der Waals surface area (Å²) >= 11 is 0. The van der Waals surface area contributed by atoms with E-state index in [2.05, 4.69) is 22.6 Å². The fourth-order valence-electron chi connectivity index (χ4n) is 4.70. The number of anilines is 1. The number of aromatic nitrogens is 3. The van der Waals surface area contributed by atoms with E-state index in [0.717, 1.165) is 36.0 Å². The molecule has 0 aliphatic rings. The van der Waals surface area contributed by atoms with Gasteiger partial charge in [0.1, 0.15) is 12.6 Å². The van der Waals surface area contributed by atoms with E-state index in [4.69, 9.17) is 4.74 Å². The molecule has 4 aromatic rings. The Labute approximate surface area is 241 Å². The molecule has 41 heavy (non-hydrogen) atoms. The molecule has 214 valence electrons. The summed E-state index contributed by atoms with van der Waals surface area (Å²) in [5.74, 6) is -0.760. The van der Waals surface area contributed by atoms with Crippen molar-refractivity contribution in [3.63, 3.8) is 0 Å². The van der Waals surface area contributed by atoms with Crippen LogP contribution in [0.25, 0.3) is 0 Å². The van der Waals surface area contributed by atoms with Gasteiger partial charge in [-0.2, -0.15) is 0 Å². The van der Waals surface area contributed by atoms with E-state index in [0.29, 0.717) is 24.2 Å². The van der Waals surface area contributed by atoms with E-state index in [-0.39, 0.29) is 37.4 Å². The summed E-state index contributed by atoms with van der Waals surface area (Å²) in [6.45, 7) is 2.28. The Balaban J connectivity index is 1.51. The number of nitrogens with zero attached hydrogens (tertiary/aromatic N) is 3. The van der Waals surface area contributed by atoms with Gasteiger partial charge in [-0.25, -0.2) is 4.68 Å². The molecule has 0 saturated carbocycles. The predicted molar refractivity (Wildman–Crippen MR) is 158 cm³/mol. The third-order valence-electron chi connectivity index (χ3n) is 7.03. The van der Waals surface area contributed by atoms with E-state index in [1.165, 1.54) is 0 Å². The van der Waals surface area contributed by atoms with Crippen LogP contribution in [0.1, 0.15) is 73.4 Å². The topological polar surface area (TPSA) is 106 Å². The van der Waals surface area contributed by atoms with Crippen LogP contribution in [0.2, 0.25) is 0 Å². The Bertz CT molecular complexity index is 1360. The lowest BCUT2D eigenvalue weighted by Gasteiger charge is -2.17. The van der Waals surface area contributed by atoms with Crippen LogP contribution in [-0.2, 0) is 34.0 Å². The summed E-state index contributed by atoms with van der Waals surface area (Å²) in [5.41, 5.74) is 4.07. The number of aliphatic hydroxyl groups excluding tert-OH is 1. The van der Waals surface area contributed by atoms with Crippen LogP contribution >= 0.6 is 0 Å². The number of hydrogen-bond donors (Lipinski definition) is 2. The molecular weight excluding hydrogens is 516 g/mol. The van der Waals surface area contributed by atoms with Gasteiger partial charge in [-0.15, -0.1) is 5.10 Å². The molecule has 8 heteroatoms. The van der Waals surface area contributed by atoms with E-state index in [9.17, 15) is 14.7 Å². The lowest BCUT2D eigenvalue weighted by Crippen LogP contribution is -2.26. The first-order valence-corrected chi connectivity index (χ1v) is 14.2. The molecule has 0 spiro atoms. The van der Waals surface area contributed by atoms with Crippen LogP contribution in [0, 0.1) is 0 Å². The van der Waals surface area contributed by atoms with Gasteiger partial charge in [-0.05, 0) is 41.7 Å². The molecule has 1 heterocycles. The van der Waals surface area contributed by atoms with Gasteiger partial charge in [0.2, 0.25) is 5.91 Å². The van der Waals surface area contributed by atoms with Crippen molar-refractivity contribution in [2.24, 2.45) is 0 Å². The van der Waals surface area contributed by atoms with Gasteiger partial charge in [0.15, 0.2) is 0 Å². The zero-order chi connectivity index (χ0) is 28.9. The van der Waals surface area contributed by atoms with Gasteiger partial charge < -0.3 is 15.2 Å². The fourth-order valence-corrected chi connectivity index (χ4v) is 4.70. The molecular formula is C33H38N4O4. The second kappa shape index (κ2) is 15.5. The van der Waals surface area contributed by atoms with Crippen LogP contribution in [0.5, 0.6) is 0 Å². The first-order valence-electron chi connectivity index (χ1n) is 14.2. The molecule has 0 aliphatic heterocycles. The lowest BCUT2D eigenvalue weighted by atomic mass is 9.93. The number of ether oxygens (including phenoxy) is 1. The Morgan fingerprint density at radius 2 is 1.59 bits per heavy atom. The maximum absolute atomic E-state index is 13.4. The molecule has 0 unspecified atom stereocenters. The fraction of sp³-hybridized carbons (Fsp3) is 0.333. The van der Waals surface area contributed by atoms with Crippen molar-refractivity contribution >= 4 is 17.6 Å². The summed E-state index contributed by atoms with van der Waals surface area (Å²) < 4.78 is 7.21. The first-order chi connectivity index (χ1) is 20.1. The molecule has 2 N–H and O–H groups in total. The summed E-state index contributed by atoms with van der Waals surface area (Å²) in [7, 11) is 0. The van der Waals surface area contributed by atoms with Gasteiger partial charge in [-0.3, -0.25) is 9.59 Å². The van der Waals surface area contributed by atoms with Crippen LogP contribution in [-0.4, -0.2) is 32.0 Å². The average molecular weight is 555 g/mol. The number of aliphatic hydroxyl groups is 1. The second-order valence-corrected chi connectivity index (χ2v) is 10.2. The minimum atomic E-state index is -0.553. The number of amides is 1. The van der Waals surface area contributed by atoms with Crippen molar-refractivity contribution in [2.75, 3.05) is 5.32 Å². The van der Waals surface area contributed by atoms with E-state index in [1.54, 1.807) is 35.1 Å². The highest BCUT2D eigenvalue weighted by atomic mass is 16.5. The molecule has 0 saturated heterocycles. The minimum absolute atomic E-state index is 0.0560. The molecule has 0 radical (unpaired) electrons. The van der Waals surface area contributed by atoms with E-state index < -0.39 is 6.04 Å². The summed E-state index contributed by atoms with van der Waals surface area (Å²) in [5, 5.41) is 21.1. The maximum Gasteiger partial charge on any atom is 0.306 e. The third kappa shape index (κ3) is 9.11. The van der Waals surface area contributed by atoms with Gasteiger partial charge in [-0.1, -0.05) is 104 Å². The Morgan fingerprint density at radius 1 is 0.902 bits per heavy atom. The first kappa shape index (κ1) is 29.7. The number of rotatable bonds is 15. The molecule has 1 aromatic heterocycles. The van der Waals surface area contributed by atoms with Gasteiger partial charge in [0.05, 0.1) is 18.7 Å². The van der Waals surface area contributed by atoms with E-state index >= 15 is 0 Å². The number of hydrogen-bond acceptors (Lipinski definition) is 6. The summed E-state index contributed by atoms with van der Waals surface area (Å²) in [6, 6.07) is 26.1. The molecule has 4 rings (SSSR count). The number of nitrogens with one attached hydrogen (secondary N) is 1. The van der Waals surface area contributed by atoms with Gasteiger partial charge in [0, 0.05) is 17.8 Å². The van der Waals surface area contributed by atoms with Crippen LogP contribution in [0.15, 0.2) is 91.1 Å². The van der Waals surface area contributed by atoms with Crippen molar-refractivity contribution in [1.29, 1.82) is 0 Å². The standard InChI is InChI=1S/C33H38N4O4/c1-2-3-6-15-31(33(40)34-29-18-16-26(23-38)17-19-29)37-22-30(35-36-37)28(20-25-11-7-4-8-12-25)21-32(39)41-24-27-13-9-5-10-14-27/h4-5,7-14,16-19,22,28,31,38H,2-3,6,15,20-21,23-24H2,1H3,(H,34,40)/t28-,31-/m0/s1. The lowest BCUT2D eigenvalue weighted by molar-refractivity contribution is -0.145. The average Bonchev–Trinajstić information content (AvgIpc) is 3.49. The SMILES string of the molecule is CCCCC[C@@H](C(=O)Nc1ccc(CO)cc1)n1cc([C@H](CC(=O)OCc2ccccc2)Cc2ccccc2)nn1. The molecule has 0 bridgehead atoms. The predicted octanol–water partition coefficient (Wildman–Crippen LogP) is 5.99. The molecule has 1 amide bonds. The van der Waals surface area contributed by atoms with Gasteiger partial charge in [0.25, 0.3) is 0 Å². The van der Waals surface area contributed by atoms with Crippen molar-refractivity contribution in [3.8, 4) is 0 Å². The molecule has 0 aliphatic carbocycles. The zero-order valence-electron chi connectivity index (χ0n) is 23.5. The number of unbranched alkanes of at least 4 members (excludes halogenated alkanes) is 2. The summed E-state index contributed by atoms with van der Waals surface area (Å²) in [6.07, 6.45) is 6.04. The highest BCUT2D eigenvalue weighted by molar-refractivity contribution is 5.93. The monoisotopic (exact) mass is 554 g/mol. The number of carbonyl (C=O) groups is 2. The maximum atomic E-state index is 13.4. The zero-order valence-corrected chi connectivity index (χ0v) is 23.5. The number of esters is 1. The molecule has 2 atom stereocenters. The quantitative estimate of drug-likeness (QED) is 0.138. The Hall–Kier alpha value is -4.30. The Morgan fingerprint density at radius 3 is 2.24 bits per heavy atom. The highest BCUT2D eigenvalue weighted by Crippen LogP contribution is 2.26. The third-order valence-corrected chi connectivity index (χ3v) is 7.03. The highest BCUT2D eigenvalue weighted by Gasteiger charge is 2.26. The molecule has 8 nitrogen and oxygen atoms in total. The largest absolute Gasteiger partial charge is 0.461 e. The molecule has 3 aromatic carbocycles. The number of benzene rings is 3. The van der Waals surface area contributed by atoms with Crippen molar-refractivity contribution < 1.29 is 19.4 Å². The van der Waals surface area contributed by atoms with Gasteiger partial charge >= 0.3 is 5.97 Å². The van der Waals surface area contributed by atoms with Crippen LogP contribution < -0.4 is 5.32 Å². The van der Waals surface area contributed by atoms with Crippen molar-refractivity contribution in [1.82, 2.24) is 15.0 Å². The normalized spacial score (nSPS) is 12.4. The summed E-state index contributed by atoms with van der Waals surface area (Å²) in [4.78, 5) is 26.3. The number of carbonyl (C=O) groups excluding carboxylic acids is 2. The Kier molecular flexibility index (Phi) is 11.2. The van der Waals surface area contributed by atoms with Crippen molar-refractivity contribution in [3.05, 3.63) is 114 Å². The minimum Gasteiger partial charge on any atom is -0.461 e. The van der Waals surface area contributed by atoms with E-state index in [1.807, 2.05) is 60.7 Å². The van der Waals surface area contributed by atoms with Crippen molar-refractivity contribution in [2.45, 2.75) is 70.6 Å². The second-order valence-electron chi connectivity index (χ2n) is 10.2. The smallest absolute Gasteiger partial charge is 0.306 e. The molecule has 0 fully saturated rings. The van der Waals surface area contributed by atoms with Crippen LogP contribution in [0.4, 0.5) is 5.69 Å².